The van der Waals surface area contributed by atoms with Crippen LogP contribution in [0.4, 0.5) is 4.79 Å². The van der Waals surface area contributed by atoms with Gasteiger partial charge in [0.05, 0.1) is 11.4 Å². The number of carbonyl (C=O) groups excluding carboxylic acids is 1. The van der Waals surface area contributed by atoms with Crippen LogP contribution in [0.2, 0.25) is 0 Å². The fourth-order valence-corrected chi connectivity index (χ4v) is 3.48. The summed E-state index contributed by atoms with van der Waals surface area (Å²) in [7, 11) is -3.50. The number of hydrogen-bond donors (Lipinski definition) is 3. The molecule has 1 heterocycles. The zero-order valence-electron chi connectivity index (χ0n) is 14.3. The Labute approximate surface area is 155 Å². The van der Waals surface area contributed by atoms with E-state index in [-0.39, 0.29) is 17.3 Å². The number of sulfone groups is 1. The van der Waals surface area contributed by atoms with Gasteiger partial charge in [0.15, 0.2) is 15.6 Å². The van der Waals surface area contributed by atoms with Gasteiger partial charge < -0.3 is 9.73 Å². The summed E-state index contributed by atoms with van der Waals surface area (Å²) in [4.78, 5) is 15.7. The molecule has 0 bridgehead atoms. The second kappa shape index (κ2) is 7.60. The molecule has 27 heavy (non-hydrogen) atoms. The summed E-state index contributed by atoms with van der Waals surface area (Å²) in [6.45, 7) is -0.0900. The SMILES string of the molecule is CS(=O)(=O)c1ccccc1-c1nc(CNC(=O)NO)oc1-c1ccccc1. The van der Waals surface area contributed by atoms with Gasteiger partial charge >= 0.3 is 6.03 Å². The molecule has 0 atom stereocenters. The van der Waals surface area contributed by atoms with Crippen molar-refractivity contribution in [2.24, 2.45) is 0 Å². The molecule has 140 valence electrons. The molecule has 3 aromatic rings. The Hall–Kier alpha value is -3.17. The predicted molar refractivity (Wildman–Crippen MR) is 97.6 cm³/mol. The van der Waals surface area contributed by atoms with E-state index in [1.165, 1.54) is 11.5 Å². The zero-order valence-corrected chi connectivity index (χ0v) is 15.2. The number of nitrogens with one attached hydrogen (secondary N) is 2. The number of aromatic nitrogens is 1. The van der Waals surface area contributed by atoms with Crippen LogP contribution in [0.3, 0.4) is 0 Å². The lowest BCUT2D eigenvalue weighted by molar-refractivity contribution is 0.161. The summed E-state index contributed by atoms with van der Waals surface area (Å²) in [5.74, 6) is 0.545. The fourth-order valence-electron chi connectivity index (χ4n) is 2.59. The molecule has 0 spiro atoms. The zero-order chi connectivity index (χ0) is 19.4. The third-order valence-electron chi connectivity index (χ3n) is 3.75. The van der Waals surface area contributed by atoms with Crippen molar-refractivity contribution in [1.29, 1.82) is 0 Å². The first-order valence-corrected chi connectivity index (χ1v) is 9.82. The van der Waals surface area contributed by atoms with Crippen LogP contribution in [0.1, 0.15) is 5.89 Å². The highest BCUT2D eigenvalue weighted by molar-refractivity contribution is 7.90. The van der Waals surface area contributed by atoms with E-state index < -0.39 is 15.9 Å². The lowest BCUT2D eigenvalue weighted by Gasteiger charge is -2.07. The summed E-state index contributed by atoms with van der Waals surface area (Å²) >= 11 is 0. The van der Waals surface area contributed by atoms with Gasteiger partial charge in [-0.3, -0.25) is 5.21 Å². The first kappa shape index (κ1) is 18.6. The average Bonchev–Trinajstić information content (AvgIpc) is 3.10. The van der Waals surface area contributed by atoms with Crippen LogP contribution in [0.25, 0.3) is 22.6 Å². The van der Waals surface area contributed by atoms with E-state index in [4.69, 9.17) is 9.62 Å². The van der Waals surface area contributed by atoms with E-state index in [0.29, 0.717) is 22.6 Å². The van der Waals surface area contributed by atoms with E-state index >= 15 is 0 Å². The Kier molecular flexibility index (Phi) is 5.24. The van der Waals surface area contributed by atoms with Crippen molar-refractivity contribution in [3.05, 3.63) is 60.5 Å². The summed E-state index contributed by atoms with van der Waals surface area (Å²) in [6.07, 6.45) is 1.13. The van der Waals surface area contributed by atoms with E-state index in [2.05, 4.69) is 10.3 Å². The molecular weight excluding hydrogens is 370 g/mol. The highest BCUT2D eigenvalue weighted by Crippen LogP contribution is 2.35. The third kappa shape index (κ3) is 4.15. The van der Waals surface area contributed by atoms with E-state index in [0.717, 1.165) is 6.26 Å². The standard InChI is InChI=1S/C18H17N3O5S/c1-27(24,25)14-10-6-5-9-13(14)16-17(12-7-3-2-4-8-12)26-15(20-16)11-19-18(22)21-23/h2-10,23H,11H2,1H3,(H2,19,21,22). The van der Waals surface area contributed by atoms with Gasteiger partial charge in [-0.15, -0.1) is 0 Å². The highest BCUT2D eigenvalue weighted by atomic mass is 32.2. The maximum absolute atomic E-state index is 12.2. The molecule has 2 amide bonds. The Bertz CT molecular complexity index is 1060. The first-order chi connectivity index (χ1) is 12.9. The molecule has 0 saturated heterocycles. The molecular formula is C18H17N3O5S. The van der Waals surface area contributed by atoms with E-state index in [1.807, 2.05) is 30.3 Å². The molecule has 0 aliphatic heterocycles. The van der Waals surface area contributed by atoms with Gasteiger partial charge in [0.2, 0.25) is 5.89 Å². The van der Waals surface area contributed by atoms with Gasteiger partial charge in [-0.1, -0.05) is 48.5 Å². The highest BCUT2D eigenvalue weighted by Gasteiger charge is 2.22. The number of hydroxylamine groups is 1. The van der Waals surface area contributed by atoms with Gasteiger partial charge in [0.1, 0.15) is 5.69 Å². The quantitative estimate of drug-likeness (QED) is 0.457. The summed E-state index contributed by atoms with van der Waals surface area (Å²) in [6, 6.07) is 14.8. The minimum Gasteiger partial charge on any atom is -0.438 e. The second-order valence-electron chi connectivity index (χ2n) is 5.71. The first-order valence-electron chi connectivity index (χ1n) is 7.92. The number of nitrogens with zero attached hydrogens (tertiary/aromatic N) is 1. The van der Waals surface area contributed by atoms with Crippen molar-refractivity contribution in [3.63, 3.8) is 0 Å². The third-order valence-corrected chi connectivity index (χ3v) is 4.91. The molecule has 0 aliphatic carbocycles. The van der Waals surface area contributed by atoms with Crippen LogP contribution < -0.4 is 10.8 Å². The van der Waals surface area contributed by atoms with Gasteiger partial charge in [-0.05, 0) is 6.07 Å². The van der Waals surface area contributed by atoms with Crippen LogP contribution >= 0.6 is 0 Å². The van der Waals surface area contributed by atoms with E-state index in [1.54, 1.807) is 18.2 Å². The number of hydrogen-bond acceptors (Lipinski definition) is 6. The molecule has 2 aromatic carbocycles. The van der Waals surface area contributed by atoms with Crippen molar-refractivity contribution in [2.45, 2.75) is 11.4 Å². The van der Waals surface area contributed by atoms with Crippen molar-refractivity contribution < 1.29 is 22.8 Å². The van der Waals surface area contributed by atoms with Gasteiger partial charge in [0, 0.05) is 17.4 Å². The Morgan fingerprint density at radius 2 is 1.78 bits per heavy atom. The minimum absolute atomic E-state index is 0.0900. The van der Waals surface area contributed by atoms with Crippen LogP contribution in [0, 0.1) is 0 Å². The van der Waals surface area contributed by atoms with Crippen molar-refractivity contribution in [3.8, 4) is 22.6 Å². The Balaban J connectivity index is 2.14. The van der Waals surface area contributed by atoms with E-state index in [9.17, 15) is 13.2 Å². The predicted octanol–water partition coefficient (Wildman–Crippen LogP) is 2.60. The van der Waals surface area contributed by atoms with Gasteiger partial charge in [-0.2, -0.15) is 0 Å². The number of rotatable bonds is 5. The molecule has 8 nitrogen and oxygen atoms in total. The number of carbonyl (C=O) groups is 1. The minimum atomic E-state index is -3.50. The van der Waals surface area contributed by atoms with Gasteiger partial charge in [-0.25, -0.2) is 23.7 Å². The molecule has 0 unspecified atom stereocenters. The number of urea groups is 1. The molecule has 0 fully saturated rings. The molecule has 3 N–H and O–H groups in total. The normalized spacial score (nSPS) is 11.2. The maximum atomic E-state index is 12.2. The Morgan fingerprint density at radius 1 is 1.11 bits per heavy atom. The fraction of sp³-hybridized carbons (Fsp3) is 0.111. The molecule has 0 aliphatic rings. The molecule has 0 saturated carbocycles. The van der Waals surface area contributed by atoms with Crippen LogP contribution in [-0.2, 0) is 16.4 Å². The molecule has 1 aromatic heterocycles. The average molecular weight is 387 g/mol. The summed E-state index contributed by atoms with van der Waals surface area (Å²) in [5.41, 5.74) is 2.91. The molecule has 9 heteroatoms. The number of oxazole rings is 1. The topological polar surface area (TPSA) is 122 Å². The lowest BCUT2D eigenvalue weighted by Crippen LogP contribution is -2.32. The molecule has 3 rings (SSSR count). The van der Waals surface area contributed by atoms with Crippen LogP contribution in [0.15, 0.2) is 63.9 Å². The van der Waals surface area contributed by atoms with Crippen molar-refractivity contribution in [2.75, 3.05) is 6.26 Å². The largest absolute Gasteiger partial charge is 0.438 e. The number of amides is 2. The monoisotopic (exact) mass is 387 g/mol. The van der Waals surface area contributed by atoms with Crippen LogP contribution in [-0.4, -0.2) is 30.9 Å². The second-order valence-corrected chi connectivity index (χ2v) is 7.70. The summed E-state index contributed by atoms with van der Waals surface area (Å²) in [5, 5.41) is 10.9. The summed E-state index contributed by atoms with van der Waals surface area (Å²) < 4.78 is 30.2. The Morgan fingerprint density at radius 3 is 2.44 bits per heavy atom. The van der Waals surface area contributed by atoms with Crippen LogP contribution in [0.5, 0.6) is 0 Å². The molecule has 0 radical (unpaired) electrons. The van der Waals surface area contributed by atoms with Gasteiger partial charge in [0.25, 0.3) is 0 Å². The lowest BCUT2D eigenvalue weighted by atomic mass is 10.1. The van der Waals surface area contributed by atoms with Crippen molar-refractivity contribution >= 4 is 15.9 Å². The van der Waals surface area contributed by atoms with Crippen molar-refractivity contribution in [1.82, 2.24) is 15.8 Å². The maximum Gasteiger partial charge on any atom is 0.338 e. The smallest absolute Gasteiger partial charge is 0.338 e. The number of benzene rings is 2.